The molecule has 0 unspecified atom stereocenters. The van der Waals surface area contributed by atoms with Crippen LogP contribution >= 0.6 is 0 Å². The molecule has 0 aliphatic carbocycles. The first-order chi connectivity index (χ1) is 10.3. The van der Waals surface area contributed by atoms with Gasteiger partial charge in [0.1, 0.15) is 0 Å². The highest BCUT2D eigenvalue weighted by Crippen LogP contribution is 2.47. The van der Waals surface area contributed by atoms with Gasteiger partial charge in [-0.15, -0.1) is 0 Å². The lowest BCUT2D eigenvalue weighted by atomic mass is 10.0. The summed E-state index contributed by atoms with van der Waals surface area (Å²) >= 11 is 0. The molecule has 1 aromatic rings. The molecule has 23 heavy (non-hydrogen) atoms. The number of allylic oxidation sites excluding steroid dienone is 2. The van der Waals surface area contributed by atoms with Crippen LogP contribution in [0, 0.1) is 0 Å². The Morgan fingerprint density at radius 1 is 0.913 bits per heavy atom. The van der Waals surface area contributed by atoms with Crippen molar-refractivity contribution < 1.29 is 45.4 Å². The van der Waals surface area contributed by atoms with Crippen LogP contribution in [0.15, 0.2) is 42.2 Å². The van der Waals surface area contributed by atoms with Crippen LogP contribution < -0.4 is 0 Å². The largest absolute Gasteiger partial charge is 0.504 e. The Bertz CT molecular complexity index is 633. The molecule has 1 aromatic carbocycles. The van der Waals surface area contributed by atoms with E-state index in [9.17, 15) is 45.4 Å². The Kier molecular flexibility index (Phi) is 4.88. The summed E-state index contributed by atoms with van der Waals surface area (Å²) < 4.78 is 87.1. The summed E-state index contributed by atoms with van der Waals surface area (Å²) in [6.07, 6.45) is -7.35. The summed E-state index contributed by atoms with van der Waals surface area (Å²) in [5, 5.41) is 9.20. The van der Waals surface area contributed by atoms with Crippen molar-refractivity contribution in [3.63, 3.8) is 0 Å². The standard InChI is InChI=1S/C13H7F7O3/c14-11(15,12(16,17)13(18,19)20)9(22)6-8(21)10(23)7-4-2-1-3-5-7/h1-6,21H/b8-6-. The molecule has 0 saturated carbocycles. The number of hydrogen-bond donors (Lipinski definition) is 1. The number of rotatable bonds is 5. The number of halogens is 7. The van der Waals surface area contributed by atoms with Crippen molar-refractivity contribution in [2.45, 2.75) is 18.0 Å². The topological polar surface area (TPSA) is 54.4 Å². The summed E-state index contributed by atoms with van der Waals surface area (Å²) in [4.78, 5) is 22.5. The normalized spacial score (nSPS) is 13.8. The predicted octanol–water partition coefficient (Wildman–Crippen LogP) is 3.71. The molecule has 0 aliphatic heterocycles. The van der Waals surface area contributed by atoms with Gasteiger partial charge in [-0.1, -0.05) is 30.3 Å². The summed E-state index contributed by atoms with van der Waals surface area (Å²) in [6.45, 7) is 0. The minimum absolute atomic E-state index is 0.292. The molecule has 126 valence electrons. The second-order valence-corrected chi connectivity index (χ2v) is 4.24. The van der Waals surface area contributed by atoms with Crippen LogP contribution in [0.5, 0.6) is 0 Å². The number of carbonyl (C=O) groups excluding carboxylic acids is 2. The van der Waals surface area contributed by atoms with Crippen molar-refractivity contribution in [1.82, 2.24) is 0 Å². The van der Waals surface area contributed by atoms with Gasteiger partial charge in [-0.05, 0) is 0 Å². The van der Waals surface area contributed by atoms with E-state index in [0.717, 1.165) is 12.1 Å². The summed E-state index contributed by atoms with van der Waals surface area (Å²) in [5.41, 5.74) is -0.292. The van der Waals surface area contributed by atoms with E-state index in [1.807, 2.05) is 0 Å². The lowest BCUT2D eigenvalue weighted by Gasteiger charge is -2.26. The molecule has 1 N–H and O–H groups in total. The number of carbonyl (C=O) groups is 2. The fourth-order valence-electron chi connectivity index (χ4n) is 1.35. The van der Waals surface area contributed by atoms with Crippen LogP contribution in [-0.2, 0) is 4.79 Å². The van der Waals surface area contributed by atoms with Gasteiger partial charge in [-0.3, -0.25) is 9.59 Å². The zero-order valence-electron chi connectivity index (χ0n) is 10.9. The highest BCUT2D eigenvalue weighted by atomic mass is 19.4. The molecule has 1 rings (SSSR count). The molecule has 0 spiro atoms. The van der Waals surface area contributed by atoms with Gasteiger partial charge in [0.15, 0.2) is 5.76 Å². The number of aliphatic hydroxyl groups is 1. The van der Waals surface area contributed by atoms with E-state index in [2.05, 4.69) is 0 Å². The van der Waals surface area contributed by atoms with Crippen molar-refractivity contribution in [2.75, 3.05) is 0 Å². The number of aliphatic hydroxyl groups excluding tert-OH is 1. The zero-order valence-corrected chi connectivity index (χ0v) is 10.9. The van der Waals surface area contributed by atoms with E-state index in [0.29, 0.717) is 0 Å². The Labute approximate surface area is 124 Å². The first kappa shape index (κ1) is 18.7. The molecule has 0 radical (unpaired) electrons. The Morgan fingerprint density at radius 2 is 1.39 bits per heavy atom. The molecule has 10 heteroatoms. The van der Waals surface area contributed by atoms with Crippen LogP contribution in [0.4, 0.5) is 30.7 Å². The third-order valence-corrected chi connectivity index (χ3v) is 2.60. The lowest BCUT2D eigenvalue weighted by molar-refractivity contribution is -0.342. The molecule has 0 heterocycles. The molecular formula is C13H7F7O3. The van der Waals surface area contributed by atoms with E-state index in [1.165, 1.54) is 18.2 Å². The number of alkyl halides is 7. The highest BCUT2D eigenvalue weighted by Gasteiger charge is 2.75. The molecule has 0 bridgehead atoms. The van der Waals surface area contributed by atoms with Gasteiger partial charge < -0.3 is 5.11 Å². The first-order valence-electron chi connectivity index (χ1n) is 5.69. The molecule has 0 aliphatic rings. The average Bonchev–Trinajstić information content (AvgIpc) is 2.45. The number of benzene rings is 1. The smallest absolute Gasteiger partial charge is 0.460 e. The minimum atomic E-state index is -6.70. The third kappa shape index (κ3) is 3.51. The Balaban J connectivity index is 3.12. The second-order valence-electron chi connectivity index (χ2n) is 4.24. The van der Waals surface area contributed by atoms with Crippen LogP contribution in [0.2, 0.25) is 0 Å². The van der Waals surface area contributed by atoms with Gasteiger partial charge in [0.05, 0.1) is 0 Å². The first-order valence-corrected chi connectivity index (χ1v) is 5.69. The van der Waals surface area contributed by atoms with Crippen LogP contribution in [0.3, 0.4) is 0 Å². The SMILES string of the molecule is O=C(/C(O)=C/C(=O)C(F)(F)C(F)(F)C(F)(F)F)c1ccccc1. The quantitative estimate of drug-likeness (QED) is 0.383. The predicted molar refractivity (Wildman–Crippen MR) is 62.4 cm³/mol. The van der Waals surface area contributed by atoms with Gasteiger partial charge in [0.2, 0.25) is 11.6 Å². The highest BCUT2D eigenvalue weighted by molar-refractivity contribution is 6.11. The summed E-state index contributed by atoms with van der Waals surface area (Å²) in [5.74, 6) is -19.0. The maximum Gasteiger partial charge on any atom is 0.460 e. The number of Topliss-reactive ketones (excluding diaryl/α,β-unsaturated/α-hetero) is 1. The maximum absolute atomic E-state index is 13.0. The Hall–Kier alpha value is -2.39. The Morgan fingerprint density at radius 3 is 1.83 bits per heavy atom. The van der Waals surface area contributed by atoms with Crippen LogP contribution in [-0.4, -0.2) is 34.7 Å². The third-order valence-electron chi connectivity index (χ3n) is 2.60. The van der Waals surface area contributed by atoms with E-state index in [1.54, 1.807) is 0 Å². The average molecular weight is 344 g/mol. The van der Waals surface area contributed by atoms with Crippen molar-refractivity contribution in [3.05, 3.63) is 47.7 Å². The van der Waals surface area contributed by atoms with Crippen molar-refractivity contribution in [1.29, 1.82) is 0 Å². The molecule has 0 saturated heterocycles. The van der Waals surface area contributed by atoms with Gasteiger partial charge in [-0.25, -0.2) is 0 Å². The second kappa shape index (κ2) is 6.01. The fourth-order valence-corrected chi connectivity index (χ4v) is 1.35. The van der Waals surface area contributed by atoms with E-state index in [-0.39, 0.29) is 5.56 Å². The van der Waals surface area contributed by atoms with Gasteiger partial charge >= 0.3 is 18.0 Å². The summed E-state index contributed by atoms with van der Waals surface area (Å²) in [6, 6.07) is 6.24. The van der Waals surface area contributed by atoms with Crippen LogP contribution in [0.25, 0.3) is 0 Å². The maximum atomic E-state index is 13.0. The van der Waals surface area contributed by atoms with Crippen molar-refractivity contribution in [2.24, 2.45) is 0 Å². The van der Waals surface area contributed by atoms with Crippen LogP contribution in [0.1, 0.15) is 10.4 Å². The molecular weight excluding hydrogens is 337 g/mol. The minimum Gasteiger partial charge on any atom is -0.504 e. The number of ketones is 2. The van der Waals surface area contributed by atoms with E-state index >= 15 is 0 Å². The van der Waals surface area contributed by atoms with E-state index < -0.39 is 41.4 Å². The molecule has 3 nitrogen and oxygen atoms in total. The van der Waals surface area contributed by atoms with Gasteiger partial charge in [0.25, 0.3) is 0 Å². The molecule has 0 amide bonds. The molecule has 0 atom stereocenters. The van der Waals surface area contributed by atoms with Gasteiger partial charge in [0, 0.05) is 11.6 Å². The van der Waals surface area contributed by atoms with E-state index in [4.69, 9.17) is 0 Å². The lowest BCUT2D eigenvalue weighted by Crippen LogP contribution is -2.55. The molecule has 0 aromatic heterocycles. The molecule has 0 fully saturated rings. The number of hydrogen-bond acceptors (Lipinski definition) is 3. The zero-order chi connectivity index (χ0) is 18.1. The monoisotopic (exact) mass is 344 g/mol. The van der Waals surface area contributed by atoms with Crippen molar-refractivity contribution in [3.8, 4) is 0 Å². The fraction of sp³-hybridized carbons (Fsp3) is 0.231. The van der Waals surface area contributed by atoms with Gasteiger partial charge in [-0.2, -0.15) is 30.7 Å². The van der Waals surface area contributed by atoms with Crippen molar-refractivity contribution >= 4 is 11.6 Å². The summed E-state index contributed by atoms with van der Waals surface area (Å²) in [7, 11) is 0.